The molecular weight excluding hydrogens is 267 g/mol. The molecule has 0 spiro atoms. The highest BCUT2D eigenvalue weighted by Crippen LogP contribution is 2.33. The number of nitrogens with zero attached hydrogens (tertiary/aromatic N) is 1. The fourth-order valence-electron chi connectivity index (χ4n) is 2.59. The van der Waals surface area contributed by atoms with Crippen molar-refractivity contribution in [2.24, 2.45) is 11.1 Å². The molecule has 2 N–H and O–H groups in total. The second-order valence-electron chi connectivity index (χ2n) is 6.37. The Morgan fingerprint density at radius 2 is 2.05 bits per heavy atom. The average Bonchev–Trinajstić information content (AvgIpc) is 2.45. The first-order valence-corrected chi connectivity index (χ1v) is 7.62. The number of halogens is 1. The third-order valence-electron chi connectivity index (χ3n) is 3.89. The van der Waals surface area contributed by atoms with E-state index < -0.39 is 0 Å². The van der Waals surface area contributed by atoms with Crippen molar-refractivity contribution in [3.63, 3.8) is 0 Å². The Morgan fingerprint density at radius 1 is 1.38 bits per heavy atom. The van der Waals surface area contributed by atoms with Gasteiger partial charge in [0, 0.05) is 18.2 Å². The number of hydrogen-bond acceptors (Lipinski definition) is 3. The molecular formula is C17H29FN2O. The van der Waals surface area contributed by atoms with Gasteiger partial charge < -0.3 is 10.5 Å². The molecule has 1 aromatic carbocycles. The number of benzene rings is 1. The largest absolute Gasteiger partial charge is 0.496 e. The molecule has 0 aromatic heterocycles. The van der Waals surface area contributed by atoms with Crippen LogP contribution in [0.1, 0.15) is 45.7 Å². The smallest absolute Gasteiger partial charge is 0.131 e. The molecule has 0 radical (unpaired) electrons. The number of hydrogen-bond donors (Lipinski definition) is 1. The summed E-state index contributed by atoms with van der Waals surface area (Å²) in [7, 11) is 1.58. The van der Waals surface area contributed by atoms with Crippen molar-refractivity contribution < 1.29 is 9.13 Å². The SMILES string of the molecule is CCCN(CC(C)(C)CN)C(C)c1c(F)cccc1OC. The summed E-state index contributed by atoms with van der Waals surface area (Å²) in [5.74, 6) is 0.391. The normalized spacial score (nSPS) is 13.5. The van der Waals surface area contributed by atoms with Gasteiger partial charge in [0.25, 0.3) is 0 Å². The third-order valence-corrected chi connectivity index (χ3v) is 3.89. The second-order valence-corrected chi connectivity index (χ2v) is 6.37. The van der Waals surface area contributed by atoms with Crippen molar-refractivity contribution in [3.8, 4) is 5.75 Å². The van der Waals surface area contributed by atoms with Crippen molar-refractivity contribution >= 4 is 0 Å². The summed E-state index contributed by atoms with van der Waals surface area (Å²) < 4.78 is 19.6. The van der Waals surface area contributed by atoms with Crippen LogP contribution < -0.4 is 10.5 Å². The van der Waals surface area contributed by atoms with Gasteiger partial charge in [-0.3, -0.25) is 4.90 Å². The Hall–Kier alpha value is -1.13. The van der Waals surface area contributed by atoms with Crippen LogP contribution in [0.25, 0.3) is 0 Å². The molecule has 0 aliphatic carbocycles. The highest BCUT2D eigenvalue weighted by molar-refractivity contribution is 5.37. The monoisotopic (exact) mass is 296 g/mol. The van der Waals surface area contributed by atoms with Crippen LogP contribution in [-0.4, -0.2) is 31.6 Å². The maximum Gasteiger partial charge on any atom is 0.131 e. The van der Waals surface area contributed by atoms with Crippen LogP contribution in [0, 0.1) is 11.2 Å². The Balaban J connectivity index is 3.09. The predicted molar refractivity (Wildman–Crippen MR) is 86.1 cm³/mol. The second kappa shape index (κ2) is 7.76. The molecule has 0 aliphatic heterocycles. The first kappa shape index (κ1) is 17.9. The fourth-order valence-corrected chi connectivity index (χ4v) is 2.59. The minimum absolute atomic E-state index is 0.00191. The quantitative estimate of drug-likeness (QED) is 0.796. The highest BCUT2D eigenvalue weighted by Gasteiger charge is 2.27. The van der Waals surface area contributed by atoms with Crippen LogP contribution in [0.15, 0.2) is 18.2 Å². The molecule has 4 heteroatoms. The van der Waals surface area contributed by atoms with Gasteiger partial charge in [-0.2, -0.15) is 0 Å². The lowest BCUT2D eigenvalue weighted by molar-refractivity contribution is 0.136. The van der Waals surface area contributed by atoms with Crippen LogP contribution in [0.3, 0.4) is 0 Å². The van der Waals surface area contributed by atoms with E-state index in [2.05, 4.69) is 25.7 Å². The average molecular weight is 296 g/mol. The summed E-state index contributed by atoms with van der Waals surface area (Å²) >= 11 is 0. The van der Waals surface area contributed by atoms with Crippen molar-refractivity contribution in [2.75, 3.05) is 26.7 Å². The Bertz CT molecular complexity index is 448. The first-order valence-electron chi connectivity index (χ1n) is 7.62. The zero-order chi connectivity index (χ0) is 16.0. The molecule has 120 valence electrons. The molecule has 3 nitrogen and oxygen atoms in total. The highest BCUT2D eigenvalue weighted by atomic mass is 19.1. The predicted octanol–water partition coefficient (Wildman–Crippen LogP) is 3.59. The summed E-state index contributed by atoms with van der Waals surface area (Å²) in [4.78, 5) is 2.29. The van der Waals surface area contributed by atoms with E-state index in [9.17, 15) is 4.39 Å². The number of rotatable bonds is 8. The topological polar surface area (TPSA) is 38.5 Å². The molecule has 1 unspecified atom stereocenters. The van der Waals surface area contributed by atoms with E-state index in [1.165, 1.54) is 6.07 Å². The van der Waals surface area contributed by atoms with E-state index in [1.54, 1.807) is 13.2 Å². The van der Waals surface area contributed by atoms with Crippen molar-refractivity contribution in [1.82, 2.24) is 4.90 Å². The van der Waals surface area contributed by atoms with E-state index in [0.717, 1.165) is 19.5 Å². The van der Waals surface area contributed by atoms with Gasteiger partial charge in [-0.25, -0.2) is 4.39 Å². The fraction of sp³-hybridized carbons (Fsp3) is 0.647. The van der Waals surface area contributed by atoms with Crippen LogP contribution in [-0.2, 0) is 0 Å². The minimum Gasteiger partial charge on any atom is -0.496 e. The lowest BCUT2D eigenvalue weighted by Gasteiger charge is -2.36. The van der Waals surface area contributed by atoms with E-state index >= 15 is 0 Å². The number of ether oxygens (including phenoxy) is 1. The standard InChI is InChI=1S/C17H29FN2O/c1-6-10-20(12-17(3,4)11-19)13(2)16-14(18)8-7-9-15(16)21-5/h7-9,13H,6,10-12,19H2,1-5H3. The molecule has 1 atom stereocenters. The zero-order valence-electron chi connectivity index (χ0n) is 13.9. The minimum atomic E-state index is -0.214. The van der Waals surface area contributed by atoms with Crippen molar-refractivity contribution in [1.29, 1.82) is 0 Å². The van der Waals surface area contributed by atoms with Crippen LogP contribution in [0.5, 0.6) is 5.75 Å². The Morgan fingerprint density at radius 3 is 2.57 bits per heavy atom. The van der Waals surface area contributed by atoms with Gasteiger partial charge in [0.05, 0.1) is 7.11 Å². The van der Waals surface area contributed by atoms with Gasteiger partial charge in [-0.05, 0) is 44.0 Å². The third kappa shape index (κ3) is 4.68. The molecule has 0 saturated heterocycles. The van der Waals surface area contributed by atoms with Gasteiger partial charge in [-0.1, -0.05) is 26.8 Å². The van der Waals surface area contributed by atoms with Crippen LogP contribution in [0.4, 0.5) is 4.39 Å². The van der Waals surface area contributed by atoms with Gasteiger partial charge in [0.1, 0.15) is 11.6 Å². The van der Waals surface area contributed by atoms with E-state index in [1.807, 2.05) is 13.0 Å². The molecule has 0 aliphatic rings. The van der Waals surface area contributed by atoms with Gasteiger partial charge in [0.15, 0.2) is 0 Å². The zero-order valence-corrected chi connectivity index (χ0v) is 13.9. The summed E-state index contributed by atoms with van der Waals surface area (Å²) in [6, 6.07) is 4.94. The summed E-state index contributed by atoms with van der Waals surface area (Å²) in [5, 5.41) is 0. The van der Waals surface area contributed by atoms with Crippen molar-refractivity contribution in [3.05, 3.63) is 29.6 Å². The summed E-state index contributed by atoms with van der Waals surface area (Å²) in [6.07, 6.45) is 1.02. The molecule has 0 bridgehead atoms. The Kier molecular flexibility index (Phi) is 6.62. The van der Waals surface area contributed by atoms with E-state index in [-0.39, 0.29) is 17.3 Å². The molecule has 0 saturated carbocycles. The van der Waals surface area contributed by atoms with Gasteiger partial charge >= 0.3 is 0 Å². The molecule has 0 heterocycles. The maximum absolute atomic E-state index is 14.3. The summed E-state index contributed by atoms with van der Waals surface area (Å²) in [5.41, 5.74) is 6.48. The molecule has 0 fully saturated rings. The lowest BCUT2D eigenvalue weighted by Crippen LogP contribution is -2.40. The number of methoxy groups -OCH3 is 1. The van der Waals surface area contributed by atoms with E-state index in [4.69, 9.17) is 10.5 Å². The molecule has 1 rings (SSSR count). The first-order chi connectivity index (χ1) is 9.86. The van der Waals surface area contributed by atoms with Gasteiger partial charge in [-0.15, -0.1) is 0 Å². The summed E-state index contributed by atoms with van der Waals surface area (Å²) in [6.45, 7) is 10.8. The molecule has 1 aromatic rings. The Labute approximate surface area is 128 Å². The number of nitrogens with two attached hydrogens (primary N) is 1. The van der Waals surface area contributed by atoms with E-state index in [0.29, 0.717) is 17.9 Å². The van der Waals surface area contributed by atoms with Crippen LogP contribution in [0.2, 0.25) is 0 Å². The maximum atomic E-state index is 14.3. The molecule has 21 heavy (non-hydrogen) atoms. The van der Waals surface area contributed by atoms with Gasteiger partial charge in [0.2, 0.25) is 0 Å². The van der Waals surface area contributed by atoms with Crippen LogP contribution >= 0.6 is 0 Å². The lowest BCUT2D eigenvalue weighted by atomic mass is 9.91. The van der Waals surface area contributed by atoms with Crippen molar-refractivity contribution in [2.45, 2.75) is 40.2 Å². The molecule has 0 amide bonds.